The van der Waals surface area contributed by atoms with E-state index in [9.17, 15) is 9.18 Å². The van der Waals surface area contributed by atoms with E-state index in [1.54, 1.807) is 13.1 Å². The van der Waals surface area contributed by atoms with Crippen LogP contribution in [0.4, 0.5) is 4.39 Å². The molecule has 0 bridgehead atoms. The first-order valence-corrected chi connectivity index (χ1v) is 6.77. The number of benzene rings is 1. The Hall–Kier alpha value is -2.34. The van der Waals surface area contributed by atoms with E-state index in [1.165, 1.54) is 23.3 Å². The molecule has 0 aliphatic heterocycles. The molecule has 2 rings (SSSR count). The van der Waals surface area contributed by atoms with E-state index in [4.69, 9.17) is 20.8 Å². The number of ether oxygens (including phenoxy) is 1. The number of aromatic nitrogens is 1. The van der Waals surface area contributed by atoms with Gasteiger partial charge in [-0.15, -0.1) is 6.58 Å². The largest absolute Gasteiger partial charge is 0.482 e. The molecule has 0 spiro atoms. The van der Waals surface area contributed by atoms with Gasteiger partial charge in [0.1, 0.15) is 17.8 Å². The predicted molar refractivity (Wildman–Crippen MR) is 79.4 cm³/mol. The Morgan fingerprint density at radius 3 is 3.05 bits per heavy atom. The summed E-state index contributed by atoms with van der Waals surface area (Å²) in [6.07, 6.45) is 2.87. The van der Waals surface area contributed by atoms with Gasteiger partial charge in [0.15, 0.2) is 12.3 Å². The number of hydrogen-bond acceptors (Lipinski definition) is 4. The van der Waals surface area contributed by atoms with Crippen LogP contribution in [0.3, 0.4) is 0 Å². The number of amides is 1. The Balaban J connectivity index is 2.00. The highest BCUT2D eigenvalue weighted by Crippen LogP contribution is 2.25. The van der Waals surface area contributed by atoms with Gasteiger partial charge in [-0.25, -0.2) is 9.37 Å². The van der Waals surface area contributed by atoms with Crippen LogP contribution < -0.4 is 4.74 Å². The van der Waals surface area contributed by atoms with Crippen molar-refractivity contribution in [3.63, 3.8) is 0 Å². The fourth-order valence-electron chi connectivity index (χ4n) is 1.68. The van der Waals surface area contributed by atoms with E-state index in [0.717, 1.165) is 6.07 Å². The van der Waals surface area contributed by atoms with Gasteiger partial charge in [-0.2, -0.15) is 0 Å². The minimum atomic E-state index is -0.452. The smallest absolute Gasteiger partial charge is 0.275 e. The van der Waals surface area contributed by atoms with Gasteiger partial charge >= 0.3 is 0 Å². The summed E-state index contributed by atoms with van der Waals surface area (Å²) in [5, 5.41) is 0.147. The molecule has 0 radical (unpaired) electrons. The van der Waals surface area contributed by atoms with Gasteiger partial charge < -0.3 is 14.1 Å². The van der Waals surface area contributed by atoms with Gasteiger partial charge in [0, 0.05) is 13.6 Å². The highest BCUT2D eigenvalue weighted by atomic mass is 35.5. The zero-order chi connectivity index (χ0) is 16.1. The zero-order valence-corrected chi connectivity index (χ0v) is 12.6. The van der Waals surface area contributed by atoms with E-state index in [-0.39, 0.29) is 29.1 Å². The molecule has 2 aromatic rings. The standard InChI is InChI=1S/C15H14ClFN2O3/c1-3-6-19(2)15(20)12-8-22-14(18-12)9-21-13-5-4-10(17)7-11(13)16/h3-5,7-8H,1,6,9H2,2H3. The first-order valence-electron chi connectivity index (χ1n) is 6.40. The third-order valence-corrected chi connectivity index (χ3v) is 3.06. The van der Waals surface area contributed by atoms with Crippen LogP contribution in [-0.2, 0) is 6.61 Å². The number of hydrogen-bond donors (Lipinski definition) is 0. The molecule has 1 amide bonds. The Morgan fingerprint density at radius 2 is 2.36 bits per heavy atom. The second-order valence-electron chi connectivity index (χ2n) is 4.46. The van der Waals surface area contributed by atoms with Crippen LogP contribution in [0.25, 0.3) is 0 Å². The van der Waals surface area contributed by atoms with Crippen molar-refractivity contribution < 1.29 is 18.3 Å². The molecule has 0 aliphatic rings. The fraction of sp³-hybridized carbons (Fsp3) is 0.200. The van der Waals surface area contributed by atoms with Crippen LogP contribution in [0.1, 0.15) is 16.4 Å². The van der Waals surface area contributed by atoms with E-state index in [1.807, 2.05) is 0 Å². The lowest BCUT2D eigenvalue weighted by Gasteiger charge is -2.11. The van der Waals surface area contributed by atoms with E-state index < -0.39 is 5.82 Å². The van der Waals surface area contributed by atoms with Crippen LogP contribution in [-0.4, -0.2) is 29.4 Å². The molecule has 0 N–H and O–H groups in total. The summed E-state index contributed by atoms with van der Waals surface area (Å²) in [5.41, 5.74) is 0.174. The molecule has 0 fully saturated rings. The maximum absolute atomic E-state index is 12.9. The van der Waals surface area contributed by atoms with Gasteiger partial charge in [0.25, 0.3) is 5.91 Å². The van der Waals surface area contributed by atoms with Gasteiger partial charge in [-0.05, 0) is 18.2 Å². The third kappa shape index (κ3) is 3.85. The second kappa shape index (κ2) is 7.09. The molecule has 0 saturated heterocycles. The average Bonchev–Trinajstić information content (AvgIpc) is 2.94. The van der Waals surface area contributed by atoms with Crippen molar-refractivity contribution in [3.05, 3.63) is 59.5 Å². The molecule has 0 unspecified atom stereocenters. The lowest BCUT2D eigenvalue weighted by Crippen LogP contribution is -2.26. The summed E-state index contributed by atoms with van der Waals surface area (Å²) in [6.45, 7) is 3.94. The molecular weight excluding hydrogens is 311 g/mol. The summed E-state index contributed by atoms with van der Waals surface area (Å²) < 4.78 is 23.5. The number of carbonyl (C=O) groups is 1. The predicted octanol–water partition coefficient (Wildman–Crippen LogP) is 3.30. The first kappa shape index (κ1) is 16.0. The van der Waals surface area contributed by atoms with E-state index >= 15 is 0 Å². The molecule has 116 valence electrons. The van der Waals surface area contributed by atoms with Crippen molar-refractivity contribution in [3.8, 4) is 5.75 Å². The molecule has 22 heavy (non-hydrogen) atoms. The number of likely N-dealkylation sites (N-methyl/N-ethyl adjacent to an activating group) is 1. The highest BCUT2D eigenvalue weighted by molar-refractivity contribution is 6.32. The van der Waals surface area contributed by atoms with Crippen molar-refractivity contribution in [2.75, 3.05) is 13.6 Å². The van der Waals surface area contributed by atoms with Crippen LogP contribution in [0.15, 0.2) is 41.5 Å². The summed E-state index contributed by atoms with van der Waals surface area (Å²) in [4.78, 5) is 17.5. The first-order chi connectivity index (χ1) is 10.5. The summed E-state index contributed by atoms with van der Waals surface area (Å²) in [5.74, 6) is -0.213. The maximum Gasteiger partial charge on any atom is 0.275 e. The van der Waals surface area contributed by atoms with Crippen molar-refractivity contribution in [2.45, 2.75) is 6.61 Å². The highest BCUT2D eigenvalue weighted by Gasteiger charge is 2.16. The number of nitrogens with zero attached hydrogens (tertiary/aromatic N) is 2. The van der Waals surface area contributed by atoms with Crippen molar-refractivity contribution in [1.82, 2.24) is 9.88 Å². The Kier molecular flexibility index (Phi) is 5.16. The minimum absolute atomic E-state index is 0.0240. The normalized spacial score (nSPS) is 10.3. The molecule has 7 heteroatoms. The van der Waals surface area contributed by atoms with Gasteiger partial charge in [0.2, 0.25) is 5.89 Å². The quantitative estimate of drug-likeness (QED) is 0.765. The monoisotopic (exact) mass is 324 g/mol. The topological polar surface area (TPSA) is 55.6 Å². The van der Waals surface area contributed by atoms with Crippen molar-refractivity contribution in [2.24, 2.45) is 0 Å². The Labute approximate surface area is 132 Å². The lowest BCUT2D eigenvalue weighted by molar-refractivity contribution is 0.0804. The molecule has 1 aromatic carbocycles. The van der Waals surface area contributed by atoms with Gasteiger partial charge in [0.05, 0.1) is 5.02 Å². The number of oxazole rings is 1. The fourth-order valence-corrected chi connectivity index (χ4v) is 1.90. The molecule has 0 saturated carbocycles. The average molecular weight is 325 g/mol. The zero-order valence-electron chi connectivity index (χ0n) is 11.9. The molecule has 5 nitrogen and oxygen atoms in total. The van der Waals surface area contributed by atoms with Crippen LogP contribution in [0.2, 0.25) is 5.02 Å². The van der Waals surface area contributed by atoms with Crippen LogP contribution in [0, 0.1) is 5.82 Å². The third-order valence-electron chi connectivity index (χ3n) is 2.77. The summed E-state index contributed by atoms with van der Waals surface area (Å²) in [7, 11) is 1.63. The maximum atomic E-state index is 12.9. The van der Waals surface area contributed by atoms with E-state index in [2.05, 4.69) is 11.6 Å². The number of halogens is 2. The Bertz CT molecular complexity index is 687. The van der Waals surface area contributed by atoms with Crippen molar-refractivity contribution >= 4 is 17.5 Å². The number of rotatable bonds is 6. The van der Waals surface area contributed by atoms with Crippen molar-refractivity contribution in [1.29, 1.82) is 0 Å². The lowest BCUT2D eigenvalue weighted by atomic mass is 10.3. The summed E-state index contributed by atoms with van der Waals surface area (Å²) >= 11 is 5.84. The molecular formula is C15H14ClFN2O3. The molecule has 1 aromatic heterocycles. The van der Waals surface area contributed by atoms with Crippen LogP contribution >= 0.6 is 11.6 Å². The summed E-state index contributed by atoms with van der Waals surface area (Å²) in [6, 6.07) is 3.78. The molecule has 1 heterocycles. The van der Waals surface area contributed by atoms with Gasteiger partial charge in [-0.1, -0.05) is 17.7 Å². The second-order valence-corrected chi connectivity index (χ2v) is 4.87. The van der Waals surface area contributed by atoms with Gasteiger partial charge in [-0.3, -0.25) is 4.79 Å². The number of carbonyl (C=O) groups excluding carboxylic acids is 1. The Morgan fingerprint density at radius 1 is 1.59 bits per heavy atom. The molecule has 0 atom stereocenters. The van der Waals surface area contributed by atoms with E-state index in [0.29, 0.717) is 12.3 Å². The van der Waals surface area contributed by atoms with Crippen LogP contribution in [0.5, 0.6) is 5.75 Å². The molecule has 0 aliphatic carbocycles. The minimum Gasteiger partial charge on any atom is -0.482 e. The SMILES string of the molecule is C=CCN(C)C(=O)c1coc(COc2ccc(F)cc2Cl)n1.